The van der Waals surface area contributed by atoms with Gasteiger partial charge in [0.2, 0.25) is 0 Å². The summed E-state index contributed by atoms with van der Waals surface area (Å²) in [5.74, 6) is 0.907. The summed E-state index contributed by atoms with van der Waals surface area (Å²) in [5.41, 5.74) is 0.904. The molecule has 0 amide bonds. The van der Waals surface area contributed by atoms with Crippen LogP contribution in [-0.2, 0) is 0 Å². The van der Waals surface area contributed by atoms with E-state index in [4.69, 9.17) is 0 Å². The van der Waals surface area contributed by atoms with Gasteiger partial charge < -0.3 is 10.0 Å². The molecule has 1 fully saturated rings. The van der Waals surface area contributed by atoms with Gasteiger partial charge in [0.25, 0.3) is 0 Å². The third-order valence-corrected chi connectivity index (χ3v) is 4.15. The standard InChI is InChI=1S/C17H27NO/c1-4-18(12-14-10-11-14)13-17(2,3)16(19)15-8-6-5-7-9-15/h5-9,14,16,19H,4,10-13H2,1-3H3. The highest BCUT2D eigenvalue weighted by Gasteiger charge is 2.32. The lowest BCUT2D eigenvalue weighted by Gasteiger charge is -2.36. The van der Waals surface area contributed by atoms with Crippen molar-refractivity contribution in [3.05, 3.63) is 35.9 Å². The van der Waals surface area contributed by atoms with Gasteiger partial charge in [-0.1, -0.05) is 51.1 Å². The maximum atomic E-state index is 10.6. The Hall–Kier alpha value is -0.860. The minimum atomic E-state index is -0.401. The molecule has 1 saturated carbocycles. The molecule has 0 heterocycles. The molecule has 106 valence electrons. The first-order valence-electron chi connectivity index (χ1n) is 7.48. The van der Waals surface area contributed by atoms with E-state index in [9.17, 15) is 5.11 Å². The van der Waals surface area contributed by atoms with Crippen molar-refractivity contribution in [1.82, 2.24) is 4.90 Å². The minimum Gasteiger partial charge on any atom is -0.388 e. The molecule has 1 atom stereocenters. The van der Waals surface area contributed by atoms with Crippen molar-refractivity contribution in [2.45, 2.75) is 39.7 Å². The van der Waals surface area contributed by atoms with Gasteiger partial charge in [-0.25, -0.2) is 0 Å². The number of aliphatic hydroxyl groups is 1. The minimum absolute atomic E-state index is 0.119. The van der Waals surface area contributed by atoms with Crippen molar-refractivity contribution in [2.24, 2.45) is 11.3 Å². The van der Waals surface area contributed by atoms with Crippen molar-refractivity contribution in [3.63, 3.8) is 0 Å². The number of benzene rings is 1. The van der Waals surface area contributed by atoms with Crippen molar-refractivity contribution in [1.29, 1.82) is 0 Å². The third-order valence-electron chi connectivity index (χ3n) is 4.15. The smallest absolute Gasteiger partial charge is 0.0853 e. The first-order chi connectivity index (χ1) is 9.03. The first kappa shape index (κ1) is 14.5. The molecule has 0 aromatic heterocycles. The van der Waals surface area contributed by atoms with E-state index in [0.29, 0.717) is 0 Å². The Labute approximate surface area is 117 Å². The second-order valence-corrected chi connectivity index (χ2v) is 6.57. The predicted octanol–water partition coefficient (Wildman–Crippen LogP) is 3.48. The Morgan fingerprint density at radius 1 is 1.26 bits per heavy atom. The van der Waals surface area contributed by atoms with Gasteiger partial charge in [0.05, 0.1) is 6.10 Å². The molecule has 1 aliphatic carbocycles. The molecule has 2 nitrogen and oxygen atoms in total. The average molecular weight is 261 g/mol. The molecule has 1 aromatic carbocycles. The van der Waals surface area contributed by atoms with E-state index in [2.05, 4.69) is 25.7 Å². The molecule has 0 spiro atoms. The van der Waals surface area contributed by atoms with Crippen molar-refractivity contribution >= 4 is 0 Å². The fourth-order valence-corrected chi connectivity index (χ4v) is 2.72. The summed E-state index contributed by atoms with van der Waals surface area (Å²) >= 11 is 0. The van der Waals surface area contributed by atoms with Crippen LogP contribution >= 0.6 is 0 Å². The summed E-state index contributed by atoms with van der Waals surface area (Å²) in [6.07, 6.45) is 2.37. The average Bonchev–Trinajstić information content (AvgIpc) is 3.21. The quantitative estimate of drug-likeness (QED) is 0.812. The Balaban J connectivity index is 1.99. The van der Waals surface area contributed by atoms with Crippen LogP contribution in [0.25, 0.3) is 0 Å². The Morgan fingerprint density at radius 2 is 1.89 bits per heavy atom. The molecule has 1 aromatic rings. The van der Waals surface area contributed by atoms with Gasteiger partial charge in [0, 0.05) is 18.5 Å². The van der Waals surface area contributed by atoms with Gasteiger partial charge in [0.1, 0.15) is 0 Å². The maximum absolute atomic E-state index is 10.6. The zero-order valence-electron chi connectivity index (χ0n) is 12.5. The fourth-order valence-electron chi connectivity index (χ4n) is 2.72. The summed E-state index contributed by atoms with van der Waals surface area (Å²) in [6.45, 7) is 9.77. The number of hydrogen-bond donors (Lipinski definition) is 1. The topological polar surface area (TPSA) is 23.5 Å². The van der Waals surface area contributed by atoms with Crippen LogP contribution in [0.4, 0.5) is 0 Å². The zero-order valence-corrected chi connectivity index (χ0v) is 12.5. The van der Waals surface area contributed by atoms with Crippen molar-refractivity contribution in [3.8, 4) is 0 Å². The van der Waals surface area contributed by atoms with Gasteiger partial charge in [-0.15, -0.1) is 0 Å². The molecular formula is C17H27NO. The van der Waals surface area contributed by atoms with Crippen LogP contribution in [0.3, 0.4) is 0 Å². The number of nitrogens with zero attached hydrogens (tertiary/aromatic N) is 1. The van der Waals surface area contributed by atoms with Gasteiger partial charge in [-0.05, 0) is 30.9 Å². The van der Waals surface area contributed by atoms with Gasteiger partial charge >= 0.3 is 0 Å². The summed E-state index contributed by atoms with van der Waals surface area (Å²) in [4.78, 5) is 2.49. The highest BCUT2D eigenvalue weighted by molar-refractivity contribution is 5.19. The molecule has 19 heavy (non-hydrogen) atoms. The van der Waals surface area contributed by atoms with E-state index in [-0.39, 0.29) is 5.41 Å². The summed E-state index contributed by atoms with van der Waals surface area (Å²) in [6, 6.07) is 10.0. The molecule has 0 aliphatic heterocycles. The van der Waals surface area contributed by atoms with Crippen LogP contribution in [-0.4, -0.2) is 29.6 Å². The van der Waals surface area contributed by atoms with Crippen LogP contribution in [0, 0.1) is 11.3 Å². The molecule has 2 rings (SSSR count). The SMILES string of the molecule is CCN(CC1CC1)CC(C)(C)C(O)c1ccccc1. The monoisotopic (exact) mass is 261 g/mol. The summed E-state index contributed by atoms with van der Waals surface area (Å²) in [5, 5.41) is 10.6. The Kier molecular flexibility index (Phi) is 4.64. The Bertz CT molecular complexity index is 384. The molecule has 0 bridgehead atoms. The molecule has 2 heteroatoms. The lowest BCUT2D eigenvalue weighted by molar-refractivity contribution is 0.0203. The second kappa shape index (κ2) is 6.06. The normalized spacial score (nSPS) is 17.7. The predicted molar refractivity (Wildman–Crippen MR) is 80.0 cm³/mol. The largest absolute Gasteiger partial charge is 0.388 e. The second-order valence-electron chi connectivity index (χ2n) is 6.57. The van der Waals surface area contributed by atoms with E-state index in [1.54, 1.807) is 0 Å². The van der Waals surface area contributed by atoms with Crippen LogP contribution < -0.4 is 0 Å². The van der Waals surface area contributed by atoms with E-state index >= 15 is 0 Å². The molecular weight excluding hydrogens is 234 g/mol. The van der Waals surface area contributed by atoms with Gasteiger partial charge in [-0.2, -0.15) is 0 Å². The zero-order chi connectivity index (χ0) is 13.9. The lowest BCUT2D eigenvalue weighted by atomic mass is 9.82. The van der Waals surface area contributed by atoms with Gasteiger partial charge in [-0.3, -0.25) is 0 Å². The maximum Gasteiger partial charge on any atom is 0.0853 e. The molecule has 1 unspecified atom stereocenters. The lowest BCUT2D eigenvalue weighted by Crippen LogP contribution is -2.39. The highest BCUT2D eigenvalue weighted by atomic mass is 16.3. The van der Waals surface area contributed by atoms with Gasteiger partial charge in [0.15, 0.2) is 0 Å². The molecule has 0 radical (unpaired) electrons. The van der Waals surface area contributed by atoms with Crippen LogP contribution in [0.1, 0.15) is 45.3 Å². The van der Waals surface area contributed by atoms with Crippen LogP contribution in [0.5, 0.6) is 0 Å². The first-order valence-corrected chi connectivity index (χ1v) is 7.48. The fraction of sp³-hybridized carbons (Fsp3) is 0.647. The highest BCUT2D eigenvalue weighted by Crippen LogP contribution is 2.36. The Morgan fingerprint density at radius 3 is 2.42 bits per heavy atom. The molecule has 1 N–H and O–H groups in total. The summed E-state index contributed by atoms with van der Waals surface area (Å²) in [7, 11) is 0. The van der Waals surface area contributed by atoms with E-state index in [1.807, 2.05) is 30.3 Å². The van der Waals surface area contributed by atoms with E-state index in [0.717, 1.165) is 24.6 Å². The summed E-state index contributed by atoms with van der Waals surface area (Å²) < 4.78 is 0. The molecule has 0 saturated heterocycles. The number of hydrogen-bond acceptors (Lipinski definition) is 2. The van der Waals surface area contributed by atoms with Crippen LogP contribution in [0.2, 0.25) is 0 Å². The van der Waals surface area contributed by atoms with Crippen LogP contribution in [0.15, 0.2) is 30.3 Å². The van der Waals surface area contributed by atoms with Crippen molar-refractivity contribution in [2.75, 3.05) is 19.6 Å². The number of aliphatic hydroxyl groups excluding tert-OH is 1. The van der Waals surface area contributed by atoms with E-state index in [1.165, 1.54) is 19.4 Å². The number of rotatable bonds is 7. The van der Waals surface area contributed by atoms with E-state index < -0.39 is 6.10 Å². The third kappa shape index (κ3) is 4.05. The van der Waals surface area contributed by atoms with Crippen molar-refractivity contribution < 1.29 is 5.11 Å². The molecule has 1 aliphatic rings.